The van der Waals surface area contributed by atoms with E-state index >= 15 is 0 Å². The SMILES string of the molecule is I.NC(N)=NCCC(O)(c1ccccc1)C(F)(F)F. The molecule has 5 N–H and O–H groups in total. The average Bonchev–Trinajstić information content (AvgIpc) is 2.28. The highest BCUT2D eigenvalue weighted by Gasteiger charge is 2.54. The van der Waals surface area contributed by atoms with Gasteiger partial charge in [0, 0.05) is 13.0 Å². The third-order valence-electron chi connectivity index (χ3n) is 2.49. The van der Waals surface area contributed by atoms with Crippen LogP contribution in [0.5, 0.6) is 0 Å². The molecule has 4 nitrogen and oxygen atoms in total. The van der Waals surface area contributed by atoms with E-state index < -0.39 is 18.2 Å². The molecule has 1 atom stereocenters. The predicted molar refractivity (Wildman–Crippen MR) is 77.1 cm³/mol. The van der Waals surface area contributed by atoms with Gasteiger partial charge in [0.25, 0.3) is 0 Å². The van der Waals surface area contributed by atoms with Crippen LogP contribution in [-0.4, -0.2) is 23.8 Å². The first-order valence-corrected chi connectivity index (χ1v) is 5.17. The van der Waals surface area contributed by atoms with Crippen molar-refractivity contribution >= 4 is 29.9 Å². The Morgan fingerprint density at radius 3 is 2.11 bits per heavy atom. The fourth-order valence-electron chi connectivity index (χ4n) is 1.51. The molecule has 0 saturated carbocycles. The van der Waals surface area contributed by atoms with Crippen LogP contribution in [0, 0.1) is 0 Å². The minimum absolute atomic E-state index is 0. The fourth-order valence-corrected chi connectivity index (χ4v) is 1.51. The molecule has 1 unspecified atom stereocenters. The van der Waals surface area contributed by atoms with E-state index in [2.05, 4.69) is 4.99 Å². The number of aliphatic hydroxyl groups is 1. The van der Waals surface area contributed by atoms with Crippen molar-refractivity contribution in [3.8, 4) is 0 Å². The number of nitrogens with two attached hydrogens (primary N) is 2. The highest BCUT2D eigenvalue weighted by atomic mass is 127. The second-order valence-corrected chi connectivity index (χ2v) is 3.78. The van der Waals surface area contributed by atoms with E-state index in [0.717, 1.165) is 0 Å². The van der Waals surface area contributed by atoms with Crippen molar-refractivity contribution in [3.05, 3.63) is 35.9 Å². The predicted octanol–water partition coefficient (Wildman–Crippen LogP) is 1.72. The van der Waals surface area contributed by atoms with Crippen LogP contribution in [0.4, 0.5) is 13.2 Å². The standard InChI is InChI=1S/C11H14F3N3O.HI/c12-11(13,14)10(18,6-7-17-9(15)16)8-4-2-1-3-5-8;/h1-5,18H,6-7H2,(H4,15,16,17);1H. The second kappa shape index (κ2) is 6.94. The van der Waals surface area contributed by atoms with Crippen LogP contribution in [0.25, 0.3) is 0 Å². The molecule has 1 aromatic rings. The first-order valence-electron chi connectivity index (χ1n) is 5.17. The van der Waals surface area contributed by atoms with Crippen molar-refractivity contribution in [2.24, 2.45) is 16.5 Å². The molecule has 0 fully saturated rings. The lowest BCUT2D eigenvalue weighted by atomic mass is 9.90. The maximum Gasteiger partial charge on any atom is 0.421 e. The summed E-state index contributed by atoms with van der Waals surface area (Å²) >= 11 is 0. The van der Waals surface area contributed by atoms with Gasteiger partial charge in [0.05, 0.1) is 0 Å². The number of alkyl halides is 3. The normalized spacial score (nSPS) is 14.1. The molecule has 0 aliphatic carbocycles. The van der Waals surface area contributed by atoms with Gasteiger partial charge in [-0.1, -0.05) is 30.3 Å². The van der Waals surface area contributed by atoms with Gasteiger partial charge in [-0.2, -0.15) is 13.2 Å². The Labute approximate surface area is 125 Å². The Balaban J connectivity index is 0.00000324. The lowest BCUT2D eigenvalue weighted by molar-refractivity contribution is -0.268. The maximum atomic E-state index is 13.0. The molecule has 0 amide bonds. The van der Waals surface area contributed by atoms with E-state index in [1.165, 1.54) is 24.3 Å². The van der Waals surface area contributed by atoms with Crippen LogP contribution in [-0.2, 0) is 5.60 Å². The molecule has 8 heteroatoms. The van der Waals surface area contributed by atoms with Gasteiger partial charge in [0.1, 0.15) is 0 Å². The Bertz CT molecular complexity index is 421. The molecule has 0 radical (unpaired) electrons. The molecule has 108 valence electrons. The number of halogens is 4. The van der Waals surface area contributed by atoms with Gasteiger partial charge in [-0.3, -0.25) is 4.99 Å². The summed E-state index contributed by atoms with van der Waals surface area (Å²) in [6, 6.07) is 6.83. The van der Waals surface area contributed by atoms with Gasteiger partial charge in [-0.15, -0.1) is 24.0 Å². The number of aliphatic imine (C=N–C) groups is 1. The summed E-state index contributed by atoms with van der Waals surface area (Å²) in [7, 11) is 0. The molecule has 19 heavy (non-hydrogen) atoms. The zero-order chi connectivity index (χ0) is 13.8. The van der Waals surface area contributed by atoms with Gasteiger partial charge in [-0.05, 0) is 5.56 Å². The van der Waals surface area contributed by atoms with Crippen molar-refractivity contribution in [1.82, 2.24) is 0 Å². The Kier molecular flexibility index (Phi) is 6.57. The number of rotatable bonds is 4. The highest BCUT2D eigenvalue weighted by Crippen LogP contribution is 2.41. The molecule has 0 aromatic heterocycles. The molecule has 1 rings (SSSR count). The lowest BCUT2D eigenvalue weighted by Gasteiger charge is -2.30. The molecule has 0 saturated heterocycles. The van der Waals surface area contributed by atoms with Crippen molar-refractivity contribution < 1.29 is 18.3 Å². The largest absolute Gasteiger partial charge is 0.421 e. The van der Waals surface area contributed by atoms with Crippen molar-refractivity contribution in [2.75, 3.05) is 6.54 Å². The van der Waals surface area contributed by atoms with Gasteiger partial charge in [0.15, 0.2) is 11.6 Å². The van der Waals surface area contributed by atoms with E-state index in [1.807, 2.05) is 0 Å². The fraction of sp³-hybridized carbons (Fsp3) is 0.364. The number of hydrogen-bond acceptors (Lipinski definition) is 2. The molecule has 1 aromatic carbocycles. The lowest BCUT2D eigenvalue weighted by Crippen LogP contribution is -2.43. The summed E-state index contributed by atoms with van der Waals surface area (Å²) < 4.78 is 38.9. The number of benzene rings is 1. The molecular formula is C11H15F3IN3O. The summed E-state index contributed by atoms with van der Waals surface area (Å²) in [6.07, 6.45) is -5.44. The molecule has 0 heterocycles. The zero-order valence-electron chi connectivity index (χ0n) is 9.89. The van der Waals surface area contributed by atoms with Crippen molar-refractivity contribution in [3.63, 3.8) is 0 Å². The summed E-state index contributed by atoms with van der Waals surface area (Å²) in [5, 5.41) is 9.86. The Morgan fingerprint density at radius 2 is 1.68 bits per heavy atom. The van der Waals surface area contributed by atoms with Crippen molar-refractivity contribution in [1.29, 1.82) is 0 Å². The van der Waals surface area contributed by atoms with Crippen LogP contribution in [0.2, 0.25) is 0 Å². The van der Waals surface area contributed by atoms with E-state index in [1.54, 1.807) is 6.07 Å². The summed E-state index contributed by atoms with van der Waals surface area (Å²) in [5.41, 5.74) is 6.88. The molecule has 0 aliphatic rings. The molecule has 0 bridgehead atoms. The second-order valence-electron chi connectivity index (χ2n) is 3.78. The summed E-state index contributed by atoms with van der Waals surface area (Å²) in [5.74, 6) is -0.312. The summed E-state index contributed by atoms with van der Waals surface area (Å²) in [4.78, 5) is 3.46. The van der Waals surface area contributed by atoms with Crippen LogP contribution in [0.15, 0.2) is 35.3 Å². The van der Waals surface area contributed by atoms with Crippen LogP contribution in [0.3, 0.4) is 0 Å². The third kappa shape index (κ3) is 4.53. The molecule has 0 aliphatic heterocycles. The van der Waals surface area contributed by atoms with Crippen molar-refractivity contribution in [2.45, 2.75) is 18.2 Å². The van der Waals surface area contributed by atoms with E-state index in [9.17, 15) is 18.3 Å². The van der Waals surface area contributed by atoms with Crippen LogP contribution >= 0.6 is 24.0 Å². The van der Waals surface area contributed by atoms with Gasteiger partial charge in [0.2, 0.25) is 0 Å². The highest BCUT2D eigenvalue weighted by molar-refractivity contribution is 14.0. The maximum absolute atomic E-state index is 13.0. The topological polar surface area (TPSA) is 84.6 Å². The molecule has 0 spiro atoms. The van der Waals surface area contributed by atoms with Gasteiger partial charge in [-0.25, -0.2) is 0 Å². The third-order valence-corrected chi connectivity index (χ3v) is 2.49. The number of hydrogen-bond donors (Lipinski definition) is 3. The average molecular weight is 389 g/mol. The van der Waals surface area contributed by atoms with Gasteiger partial charge >= 0.3 is 6.18 Å². The van der Waals surface area contributed by atoms with Crippen LogP contribution in [0.1, 0.15) is 12.0 Å². The quantitative estimate of drug-likeness (QED) is 0.417. The number of nitrogens with zero attached hydrogens (tertiary/aromatic N) is 1. The first-order chi connectivity index (χ1) is 8.27. The smallest absolute Gasteiger partial charge is 0.376 e. The summed E-state index contributed by atoms with van der Waals surface area (Å²) in [6.45, 7) is -0.312. The van der Waals surface area contributed by atoms with Crippen LogP contribution < -0.4 is 11.5 Å². The minimum Gasteiger partial charge on any atom is -0.376 e. The van der Waals surface area contributed by atoms with E-state index in [-0.39, 0.29) is 42.0 Å². The zero-order valence-corrected chi connectivity index (χ0v) is 12.2. The minimum atomic E-state index is -4.80. The van der Waals surface area contributed by atoms with E-state index in [4.69, 9.17) is 11.5 Å². The first kappa shape index (κ1) is 18.0. The number of guanidine groups is 1. The van der Waals surface area contributed by atoms with E-state index in [0.29, 0.717) is 0 Å². The Hall–Kier alpha value is -1.03. The Morgan fingerprint density at radius 1 is 1.16 bits per heavy atom. The van der Waals surface area contributed by atoms with Gasteiger partial charge < -0.3 is 16.6 Å². The monoisotopic (exact) mass is 389 g/mol. The molecular weight excluding hydrogens is 374 g/mol.